The van der Waals surface area contributed by atoms with Gasteiger partial charge in [-0.05, 0) is 60.5 Å². The first kappa shape index (κ1) is 17.9. The number of rotatable bonds is 5. The quantitative estimate of drug-likeness (QED) is 0.492. The van der Waals surface area contributed by atoms with Crippen molar-refractivity contribution >= 4 is 11.0 Å². The van der Waals surface area contributed by atoms with Crippen molar-refractivity contribution in [3.63, 3.8) is 0 Å². The van der Waals surface area contributed by atoms with Crippen LogP contribution in [0.4, 0.5) is 0 Å². The molecule has 5 nitrogen and oxygen atoms in total. The molecule has 0 fully saturated rings. The SMILES string of the molecule is COc1ccc(-c2cc(=O)c3cc(Cc4cc(C)co4)cc(OC)c3o2)cc1. The Kier molecular flexibility index (Phi) is 4.65. The van der Waals surface area contributed by atoms with E-state index < -0.39 is 0 Å². The van der Waals surface area contributed by atoms with E-state index in [4.69, 9.17) is 18.3 Å². The molecule has 0 aliphatic carbocycles. The highest BCUT2D eigenvalue weighted by Crippen LogP contribution is 2.31. The molecule has 2 heterocycles. The van der Waals surface area contributed by atoms with Crippen LogP contribution in [0.5, 0.6) is 11.5 Å². The van der Waals surface area contributed by atoms with Gasteiger partial charge in [-0.3, -0.25) is 4.79 Å². The zero-order valence-electron chi connectivity index (χ0n) is 15.9. The molecule has 4 aromatic rings. The Balaban J connectivity index is 1.80. The average molecular weight is 376 g/mol. The van der Waals surface area contributed by atoms with Gasteiger partial charge >= 0.3 is 0 Å². The second kappa shape index (κ2) is 7.27. The standard InChI is InChI=1S/C23H20O5/c1-14-8-18(27-13-14)9-15-10-19-20(24)12-21(28-23(19)22(11-15)26-3)16-4-6-17(25-2)7-5-16/h4-8,10-13H,9H2,1-3H3. The molecule has 0 atom stereocenters. The minimum atomic E-state index is -0.122. The molecule has 0 unspecified atom stereocenters. The van der Waals surface area contributed by atoms with Gasteiger partial charge in [-0.2, -0.15) is 0 Å². The van der Waals surface area contributed by atoms with Crippen molar-refractivity contribution in [2.24, 2.45) is 0 Å². The number of ether oxygens (including phenoxy) is 2. The van der Waals surface area contributed by atoms with Crippen LogP contribution in [0, 0.1) is 6.92 Å². The van der Waals surface area contributed by atoms with Gasteiger partial charge in [0, 0.05) is 18.1 Å². The molecule has 0 aliphatic heterocycles. The van der Waals surface area contributed by atoms with Crippen LogP contribution >= 0.6 is 0 Å². The highest BCUT2D eigenvalue weighted by molar-refractivity contribution is 5.85. The summed E-state index contributed by atoms with van der Waals surface area (Å²) in [6.07, 6.45) is 2.28. The van der Waals surface area contributed by atoms with Crippen LogP contribution in [0.25, 0.3) is 22.3 Å². The van der Waals surface area contributed by atoms with Gasteiger partial charge in [0.2, 0.25) is 0 Å². The van der Waals surface area contributed by atoms with Crippen LogP contribution in [0.1, 0.15) is 16.9 Å². The summed E-state index contributed by atoms with van der Waals surface area (Å²) in [5, 5.41) is 0.481. The van der Waals surface area contributed by atoms with Crippen LogP contribution in [-0.4, -0.2) is 14.2 Å². The van der Waals surface area contributed by atoms with Gasteiger partial charge in [-0.15, -0.1) is 0 Å². The van der Waals surface area contributed by atoms with Crippen LogP contribution in [0.3, 0.4) is 0 Å². The summed E-state index contributed by atoms with van der Waals surface area (Å²) < 4.78 is 22.3. The van der Waals surface area contributed by atoms with E-state index in [9.17, 15) is 4.79 Å². The molecule has 0 spiro atoms. The first-order valence-electron chi connectivity index (χ1n) is 8.90. The summed E-state index contributed by atoms with van der Waals surface area (Å²) in [4.78, 5) is 12.8. The van der Waals surface area contributed by atoms with Crippen molar-refractivity contribution in [2.45, 2.75) is 13.3 Å². The number of benzene rings is 2. The van der Waals surface area contributed by atoms with Gasteiger partial charge in [-0.1, -0.05) is 0 Å². The Morgan fingerprint density at radius 2 is 1.75 bits per heavy atom. The number of furan rings is 1. The molecule has 28 heavy (non-hydrogen) atoms. The third-order valence-corrected chi connectivity index (χ3v) is 4.61. The van der Waals surface area contributed by atoms with Crippen molar-refractivity contribution < 1.29 is 18.3 Å². The summed E-state index contributed by atoms with van der Waals surface area (Å²) in [5.74, 6) is 2.57. The van der Waals surface area contributed by atoms with Crippen molar-refractivity contribution in [1.29, 1.82) is 0 Å². The summed E-state index contributed by atoms with van der Waals surface area (Å²) >= 11 is 0. The Morgan fingerprint density at radius 1 is 0.964 bits per heavy atom. The minimum absolute atomic E-state index is 0.122. The summed E-state index contributed by atoms with van der Waals surface area (Å²) in [6.45, 7) is 1.98. The first-order valence-corrected chi connectivity index (χ1v) is 8.90. The van der Waals surface area contributed by atoms with E-state index in [0.29, 0.717) is 28.9 Å². The third-order valence-electron chi connectivity index (χ3n) is 4.61. The van der Waals surface area contributed by atoms with E-state index in [2.05, 4.69) is 0 Å². The predicted octanol–water partition coefficient (Wildman–Crippen LogP) is 4.97. The molecule has 142 valence electrons. The Hall–Kier alpha value is -3.47. The van der Waals surface area contributed by atoms with E-state index in [0.717, 1.165) is 28.2 Å². The minimum Gasteiger partial charge on any atom is -0.497 e. The molecule has 4 rings (SSSR count). The molecule has 2 aromatic carbocycles. The molecule has 0 bridgehead atoms. The second-order valence-electron chi connectivity index (χ2n) is 6.65. The normalized spacial score (nSPS) is 11.0. The maximum atomic E-state index is 12.8. The number of fused-ring (bicyclic) bond motifs is 1. The predicted molar refractivity (Wildman–Crippen MR) is 107 cm³/mol. The fourth-order valence-corrected chi connectivity index (χ4v) is 3.22. The Labute approximate surface area is 162 Å². The van der Waals surface area contributed by atoms with E-state index >= 15 is 0 Å². The largest absolute Gasteiger partial charge is 0.497 e. The topological polar surface area (TPSA) is 61.8 Å². The van der Waals surface area contributed by atoms with Crippen molar-refractivity contribution in [1.82, 2.24) is 0 Å². The molecular weight excluding hydrogens is 356 g/mol. The molecule has 0 N–H and O–H groups in total. The maximum absolute atomic E-state index is 12.8. The van der Waals surface area contributed by atoms with Gasteiger partial charge in [0.25, 0.3) is 0 Å². The lowest BCUT2D eigenvalue weighted by Crippen LogP contribution is -2.03. The lowest BCUT2D eigenvalue weighted by Gasteiger charge is -2.10. The monoisotopic (exact) mass is 376 g/mol. The van der Waals surface area contributed by atoms with Crippen LogP contribution in [0.2, 0.25) is 0 Å². The first-order chi connectivity index (χ1) is 13.6. The Morgan fingerprint density at radius 3 is 2.39 bits per heavy atom. The summed E-state index contributed by atoms with van der Waals surface area (Å²) in [7, 11) is 3.17. The molecule has 0 saturated carbocycles. The lowest BCUT2D eigenvalue weighted by molar-refractivity contribution is 0.409. The van der Waals surface area contributed by atoms with Gasteiger partial charge < -0.3 is 18.3 Å². The van der Waals surface area contributed by atoms with Crippen molar-refractivity contribution in [3.05, 3.63) is 81.9 Å². The van der Waals surface area contributed by atoms with Crippen LogP contribution < -0.4 is 14.9 Å². The number of methoxy groups -OCH3 is 2. The molecular formula is C23H20O5. The zero-order chi connectivity index (χ0) is 19.7. The van der Waals surface area contributed by atoms with Crippen LogP contribution in [0.15, 0.2) is 68.4 Å². The van der Waals surface area contributed by atoms with E-state index in [1.165, 1.54) is 6.07 Å². The molecule has 0 saturated heterocycles. The van der Waals surface area contributed by atoms with Crippen LogP contribution in [-0.2, 0) is 6.42 Å². The van der Waals surface area contributed by atoms with Gasteiger partial charge in [-0.25, -0.2) is 0 Å². The highest BCUT2D eigenvalue weighted by Gasteiger charge is 2.14. The fourth-order valence-electron chi connectivity index (χ4n) is 3.22. The summed E-state index contributed by atoms with van der Waals surface area (Å²) in [6, 6.07) is 14.5. The lowest BCUT2D eigenvalue weighted by atomic mass is 10.0. The smallest absolute Gasteiger partial charge is 0.193 e. The second-order valence-corrected chi connectivity index (χ2v) is 6.65. The maximum Gasteiger partial charge on any atom is 0.193 e. The molecule has 0 amide bonds. The number of hydrogen-bond acceptors (Lipinski definition) is 5. The average Bonchev–Trinajstić information content (AvgIpc) is 3.12. The van der Waals surface area contributed by atoms with Crippen molar-refractivity contribution in [3.8, 4) is 22.8 Å². The molecule has 0 radical (unpaired) electrons. The van der Waals surface area contributed by atoms with E-state index in [-0.39, 0.29) is 5.43 Å². The molecule has 0 aliphatic rings. The number of aryl methyl sites for hydroxylation is 1. The Bertz CT molecular complexity index is 1180. The highest BCUT2D eigenvalue weighted by atomic mass is 16.5. The van der Waals surface area contributed by atoms with Gasteiger partial charge in [0.1, 0.15) is 17.3 Å². The molecule has 2 aromatic heterocycles. The fraction of sp³-hybridized carbons (Fsp3) is 0.174. The third kappa shape index (κ3) is 3.39. The summed E-state index contributed by atoms with van der Waals surface area (Å²) in [5.41, 5.74) is 3.08. The van der Waals surface area contributed by atoms with Gasteiger partial charge in [0.05, 0.1) is 25.9 Å². The van der Waals surface area contributed by atoms with Crippen molar-refractivity contribution in [2.75, 3.05) is 14.2 Å². The molecule has 5 heteroatoms. The van der Waals surface area contributed by atoms with E-state index in [1.54, 1.807) is 20.5 Å². The zero-order valence-corrected chi connectivity index (χ0v) is 15.9. The van der Waals surface area contributed by atoms with E-state index in [1.807, 2.05) is 49.4 Å². The number of hydrogen-bond donors (Lipinski definition) is 0. The van der Waals surface area contributed by atoms with Gasteiger partial charge in [0.15, 0.2) is 16.8 Å².